The normalized spacial score (nSPS) is 12.0. The molecule has 0 aliphatic rings. The molecular weight excluding hydrogens is 366 g/mol. The predicted octanol–water partition coefficient (Wildman–Crippen LogP) is 5.13. The topological polar surface area (TPSA) is 42.0 Å². The van der Waals surface area contributed by atoms with E-state index in [0.717, 1.165) is 32.8 Å². The molecule has 0 bridgehead atoms. The van der Waals surface area contributed by atoms with Gasteiger partial charge in [-0.05, 0) is 26.8 Å². The molecule has 3 rings (SSSR count). The number of nitrogens with one attached hydrogen (secondary N) is 1. The minimum Gasteiger partial charge on any atom is -0.349 e. The van der Waals surface area contributed by atoms with Gasteiger partial charge < -0.3 is 5.32 Å². The van der Waals surface area contributed by atoms with E-state index in [-0.39, 0.29) is 17.9 Å². The molecule has 3 aromatic rings. The Labute approximate surface area is 161 Å². The first kappa shape index (κ1) is 19.2. The number of benzene rings is 2. The van der Waals surface area contributed by atoms with Gasteiger partial charge in [0.25, 0.3) is 0 Å². The lowest BCUT2D eigenvalue weighted by atomic mass is 10.1. The number of thiazole rings is 1. The first-order chi connectivity index (χ1) is 12.8. The second kappa shape index (κ2) is 7.96. The van der Waals surface area contributed by atoms with Gasteiger partial charge in [0.2, 0.25) is 5.91 Å². The van der Waals surface area contributed by atoms with Crippen LogP contribution in [0.5, 0.6) is 0 Å². The number of hydrogen-bond acceptors (Lipinski definition) is 3. The van der Waals surface area contributed by atoms with Crippen molar-refractivity contribution in [2.24, 2.45) is 0 Å². The molecule has 6 heteroatoms. The van der Waals surface area contributed by atoms with Gasteiger partial charge >= 0.3 is 0 Å². The smallest absolute Gasteiger partial charge is 0.225 e. The van der Waals surface area contributed by atoms with Crippen LogP contribution in [0.15, 0.2) is 42.5 Å². The lowest BCUT2D eigenvalue weighted by molar-refractivity contribution is -0.121. The highest BCUT2D eigenvalue weighted by atomic mass is 32.1. The fourth-order valence-electron chi connectivity index (χ4n) is 2.89. The van der Waals surface area contributed by atoms with Crippen molar-refractivity contribution >= 4 is 17.2 Å². The van der Waals surface area contributed by atoms with Gasteiger partial charge in [0.05, 0.1) is 23.2 Å². The summed E-state index contributed by atoms with van der Waals surface area (Å²) in [5.74, 6) is -1.54. The summed E-state index contributed by atoms with van der Waals surface area (Å²) < 4.78 is 27.0. The Hall–Kier alpha value is -2.60. The van der Waals surface area contributed by atoms with E-state index in [1.54, 1.807) is 6.92 Å². The summed E-state index contributed by atoms with van der Waals surface area (Å²) >= 11 is 1.47. The van der Waals surface area contributed by atoms with Crippen molar-refractivity contribution in [1.29, 1.82) is 0 Å². The van der Waals surface area contributed by atoms with E-state index >= 15 is 0 Å². The van der Waals surface area contributed by atoms with Crippen LogP contribution in [0.25, 0.3) is 11.3 Å². The minimum absolute atomic E-state index is 0.155. The highest BCUT2D eigenvalue weighted by Crippen LogP contribution is 2.29. The zero-order chi connectivity index (χ0) is 19.6. The monoisotopic (exact) mass is 386 g/mol. The maximum atomic E-state index is 13.9. The summed E-state index contributed by atoms with van der Waals surface area (Å²) in [5.41, 5.74) is 3.17. The Morgan fingerprint density at radius 2 is 1.85 bits per heavy atom. The summed E-state index contributed by atoms with van der Waals surface area (Å²) in [5, 5.41) is 3.66. The van der Waals surface area contributed by atoms with Crippen LogP contribution in [0.1, 0.15) is 34.0 Å². The van der Waals surface area contributed by atoms with Crippen molar-refractivity contribution in [3.8, 4) is 11.3 Å². The Morgan fingerprint density at radius 3 is 2.52 bits per heavy atom. The Morgan fingerprint density at radius 1 is 1.15 bits per heavy atom. The van der Waals surface area contributed by atoms with E-state index in [2.05, 4.69) is 10.3 Å². The maximum absolute atomic E-state index is 13.9. The molecule has 140 valence electrons. The number of carbonyl (C=O) groups excluding carboxylic acids is 1. The number of aryl methyl sites for hydroxylation is 2. The molecule has 0 fully saturated rings. The molecule has 0 aliphatic heterocycles. The van der Waals surface area contributed by atoms with E-state index in [1.807, 2.05) is 38.1 Å². The quantitative estimate of drug-likeness (QED) is 0.661. The highest BCUT2D eigenvalue weighted by Gasteiger charge is 2.18. The van der Waals surface area contributed by atoms with Gasteiger partial charge in [-0.3, -0.25) is 4.79 Å². The van der Waals surface area contributed by atoms with Crippen LogP contribution >= 0.6 is 11.3 Å². The van der Waals surface area contributed by atoms with E-state index in [4.69, 9.17) is 0 Å². The average Bonchev–Trinajstić information content (AvgIpc) is 2.95. The lowest BCUT2D eigenvalue weighted by Crippen LogP contribution is -2.28. The Balaban J connectivity index is 1.75. The summed E-state index contributed by atoms with van der Waals surface area (Å²) in [6, 6.07) is 10.8. The van der Waals surface area contributed by atoms with Crippen molar-refractivity contribution in [3.05, 3.63) is 75.1 Å². The highest BCUT2D eigenvalue weighted by molar-refractivity contribution is 7.12. The molecule has 2 aromatic carbocycles. The second-order valence-electron chi connectivity index (χ2n) is 6.50. The number of rotatable bonds is 5. The molecule has 1 aromatic heterocycles. The number of nitrogens with zero attached hydrogens (tertiary/aromatic N) is 1. The minimum atomic E-state index is -0.670. The number of hydrogen-bond donors (Lipinski definition) is 1. The molecule has 3 nitrogen and oxygen atoms in total. The third-order valence-electron chi connectivity index (χ3n) is 4.26. The third-order valence-corrected chi connectivity index (χ3v) is 5.23. The Kier molecular flexibility index (Phi) is 5.65. The molecule has 0 aliphatic carbocycles. The molecule has 0 radical (unpaired) electrons. The van der Waals surface area contributed by atoms with Crippen molar-refractivity contribution in [3.63, 3.8) is 0 Å². The summed E-state index contributed by atoms with van der Waals surface area (Å²) in [6.45, 7) is 5.59. The fourth-order valence-corrected chi connectivity index (χ4v) is 3.85. The van der Waals surface area contributed by atoms with E-state index in [0.29, 0.717) is 0 Å². The molecule has 0 spiro atoms. The number of halogens is 2. The van der Waals surface area contributed by atoms with Gasteiger partial charge in [-0.1, -0.05) is 35.9 Å². The zero-order valence-electron chi connectivity index (χ0n) is 15.3. The first-order valence-corrected chi connectivity index (χ1v) is 9.43. The average molecular weight is 386 g/mol. The summed E-state index contributed by atoms with van der Waals surface area (Å²) in [4.78, 5) is 17.9. The molecule has 0 unspecified atom stereocenters. The zero-order valence-corrected chi connectivity index (χ0v) is 16.2. The number of amides is 1. The standard InChI is InChI=1S/C21H20F2N2OS/c1-12-4-6-15(7-5-12)21-19(27-14(3)25-21)11-20(26)24-13(2)17-9-8-16(22)10-18(17)23/h4-10,13H,11H2,1-3H3,(H,24,26)/t13-/m1/s1. The van der Waals surface area contributed by atoms with Crippen molar-refractivity contribution in [2.45, 2.75) is 33.2 Å². The molecule has 0 saturated heterocycles. The lowest BCUT2D eigenvalue weighted by Gasteiger charge is -2.15. The van der Waals surface area contributed by atoms with Gasteiger partial charge in [0.1, 0.15) is 11.6 Å². The van der Waals surface area contributed by atoms with Crippen LogP contribution < -0.4 is 5.32 Å². The van der Waals surface area contributed by atoms with Gasteiger partial charge in [0, 0.05) is 22.1 Å². The van der Waals surface area contributed by atoms with Crippen LogP contribution in [0.2, 0.25) is 0 Å². The molecule has 0 saturated carbocycles. The summed E-state index contributed by atoms with van der Waals surface area (Å²) in [6.07, 6.45) is 0.155. The van der Waals surface area contributed by atoms with E-state index in [1.165, 1.54) is 23.5 Å². The van der Waals surface area contributed by atoms with Gasteiger partial charge in [0.15, 0.2) is 0 Å². The van der Waals surface area contributed by atoms with Crippen LogP contribution in [0.3, 0.4) is 0 Å². The van der Waals surface area contributed by atoms with Crippen molar-refractivity contribution < 1.29 is 13.6 Å². The largest absolute Gasteiger partial charge is 0.349 e. The van der Waals surface area contributed by atoms with E-state index in [9.17, 15) is 13.6 Å². The number of carbonyl (C=O) groups is 1. The summed E-state index contributed by atoms with van der Waals surface area (Å²) in [7, 11) is 0. The van der Waals surface area contributed by atoms with Crippen LogP contribution in [-0.2, 0) is 11.2 Å². The molecule has 1 N–H and O–H groups in total. The fraction of sp³-hybridized carbons (Fsp3) is 0.238. The van der Waals surface area contributed by atoms with Crippen LogP contribution in [0.4, 0.5) is 8.78 Å². The molecule has 1 amide bonds. The Bertz CT molecular complexity index is 967. The van der Waals surface area contributed by atoms with Crippen molar-refractivity contribution in [2.75, 3.05) is 0 Å². The van der Waals surface area contributed by atoms with Gasteiger partial charge in [-0.2, -0.15) is 0 Å². The number of aromatic nitrogens is 1. The molecular formula is C21H20F2N2OS. The van der Waals surface area contributed by atoms with Crippen LogP contribution in [0, 0.1) is 25.5 Å². The van der Waals surface area contributed by atoms with Crippen LogP contribution in [-0.4, -0.2) is 10.9 Å². The first-order valence-electron chi connectivity index (χ1n) is 8.61. The van der Waals surface area contributed by atoms with Crippen molar-refractivity contribution in [1.82, 2.24) is 10.3 Å². The predicted molar refractivity (Wildman–Crippen MR) is 104 cm³/mol. The van der Waals surface area contributed by atoms with Gasteiger partial charge in [-0.25, -0.2) is 13.8 Å². The SMILES string of the molecule is Cc1ccc(-c2nc(C)sc2CC(=O)N[C@H](C)c2ccc(F)cc2F)cc1. The molecule has 1 heterocycles. The van der Waals surface area contributed by atoms with E-state index < -0.39 is 17.7 Å². The molecule has 1 atom stereocenters. The molecule has 27 heavy (non-hydrogen) atoms. The second-order valence-corrected chi connectivity index (χ2v) is 7.79. The van der Waals surface area contributed by atoms with Gasteiger partial charge in [-0.15, -0.1) is 11.3 Å². The maximum Gasteiger partial charge on any atom is 0.225 e. The third kappa shape index (κ3) is 4.57.